The fourth-order valence-electron chi connectivity index (χ4n) is 13.7. The van der Waals surface area contributed by atoms with Gasteiger partial charge in [-0.15, -0.1) is 0 Å². The zero-order valence-electron chi connectivity index (χ0n) is 36.9. The fraction of sp³-hybridized carbons (Fsp3) is 0.933. The van der Waals surface area contributed by atoms with Crippen molar-refractivity contribution >= 4 is 14.0 Å². The third-order valence-electron chi connectivity index (χ3n) is 16.6. The van der Waals surface area contributed by atoms with Gasteiger partial charge in [0.2, 0.25) is 0 Å². The second-order valence-corrected chi connectivity index (χ2v) is 27.1. The standard InChI is InChI=1S/C45H75NO12Si/c1-25-22-46(24-59(6,7)8)16-13-38(53-25)57-41-26(2)55-40(21-35(41)48)58-42-27(3)54-39(20-34(42)47)56-30-11-14-43(4)29(18-30)9-10-32-33(43)19-36(49)44(5)31(12-15-45(32,44)51)28-17-37(50)52-23-28/h17,25-27,29-36,38-42,47-49,51H,9-16,18-24H2,1-8H3/t25?,26-,27-,29?,30-,31+,32?,33?,34-,35-,36-,38?,39-,40-,41+,42+,43-,44-,45-/m0/s1. The van der Waals surface area contributed by atoms with Crippen molar-refractivity contribution in [3.05, 3.63) is 11.6 Å². The van der Waals surface area contributed by atoms with Gasteiger partial charge >= 0.3 is 5.97 Å². The lowest BCUT2D eigenvalue weighted by Crippen LogP contribution is -2.67. The van der Waals surface area contributed by atoms with Crippen molar-refractivity contribution in [3.8, 4) is 0 Å². The molecule has 0 spiro atoms. The fourth-order valence-corrected chi connectivity index (χ4v) is 15.3. The Balaban J connectivity index is 0.819. The Bertz CT molecular complexity index is 1520. The summed E-state index contributed by atoms with van der Waals surface area (Å²) in [4.78, 5) is 14.5. The summed E-state index contributed by atoms with van der Waals surface area (Å²) in [6, 6.07) is 0. The molecule has 0 amide bonds. The largest absolute Gasteiger partial charge is 0.458 e. The molecular formula is C45H75NO12Si. The summed E-state index contributed by atoms with van der Waals surface area (Å²) >= 11 is 0. The average Bonchev–Trinajstić information content (AvgIpc) is 3.64. The van der Waals surface area contributed by atoms with Crippen molar-refractivity contribution in [1.82, 2.24) is 4.90 Å². The third kappa shape index (κ3) is 8.55. The summed E-state index contributed by atoms with van der Waals surface area (Å²) in [5, 5.41) is 47.2. The van der Waals surface area contributed by atoms with E-state index >= 15 is 0 Å². The summed E-state index contributed by atoms with van der Waals surface area (Å²) in [6.07, 6.45) is 4.34. The lowest BCUT2D eigenvalue weighted by molar-refractivity contribution is -0.329. The molecule has 4 N–H and O–H groups in total. The maximum absolute atomic E-state index is 12.6. The molecule has 5 unspecified atom stereocenters. The zero-order chi connectivity index (χ0) is 42.2. The molecule has 0 aromatic carbocycles. The lowest BCUT2D eigenvalue weighted by Gasteiger charge is -2.65. The number of nitrogens with zero attached hydrogens (tertiary/aromatic N) is 1. The Morgan fingerprint density at radius 3 is 2.08 bits per heavy atom. The quantitative estimate of drug-likeness (QED) is 0.144. The van der Waals surface area contributed by atoms with Gasteiger partial charge in [0.1, 0.15) is 18.8 Å². The van der Waals surface area contributed by atoms with Gasteiger partial charge in [0.05, 0.1) is 56.4 Å². The molecule has 14 heteroatoms. The normalized spacial score (nSPS) is 50.9. The number of fused-ring (bicyclic) bond motifs is 5. The molecule has 4 heterocycles. The Kier molecular flexibility index (Phi) is 12.7. The van der Waals surface area contributed by atoms with Crippen LogP contribution in [0.2, 0.25) is 19.6 Å². The van der Waals surface area contributed by atoms with Crippen LogP contribution in [0.25, 0.3) is 0 Å². The SMILES string of the molecule is CC1CN(C[Si](C)(C)C)CCC(O[C@@H]2[C@H](C)O[C@@H](O[C@@H]3[C@H](C)O[C@@H](O[C@H]4CC[C@@]5(C)C(CCC6C5C[C@H](O)[C@]5(C)[C@@H](C7=CC(=O)OC7)CC[C@]65O)C4)C[C@@H]3O)C[C@@H]2O)O1. The van der Waals surface area contributed by atoms with E-state index in [0.717, 1.165) is 69.8 Å². The first-order valence-electron chi connectivity index (χ1n) is 23.1. The number of esters is 1. The molecule has 0 aromatic rings. The lowest BCUT2D eigenvalue weighted by atomic mass is 9.42. The molecule has 0 bridgehead atoms. The van der Waals surface area contributed by atoms with Crippen LogP contribution in [0.5, 0.6) is 0 Å². The van der Waals surface area contributed by atoms with E-state index in [2.05, 4.69) is 45.3 Å². The molecule has 59 heavy (non-hydrogen) atoms. The minimum absolute atomic E-state index is 0.0190. The van der Waals surface area contributed by atoms with Gasteiger partial charge in [0.25, 0.3) is 0 Å². The second-order valence-electron chi connectivity index (χ2n) is 21.7. The van der Waals surface area contributed by atoms with Gasteiger partial charge in [0.15, 0.2) is 18.9 Å². The first-order chi connectivity index (χ1) is 27.8. The van der Waals surface area contributed by atoms with Crippen LogP contribution in [0.4, 0.5) is 0 Å². The number of carbonyl (C=O) groups excluding carboxylic acids is 1. The van der Waals surface area contributed by atoms with Gasteiger partial charge in [-0.05, 0) is 113 Å². The van der Waals surface area contributed by atoms with Gasteiger partial charge < -0.3 is 58.5 Å². The Hall–Kier alpha value is -1.01. The minimum Gasteiger partial charge on any atom is -0.458 e. The first kappa shape index (κ1) is 44.6. The van der Waals surface area contributed by atoms with Gasteiger partial charge in [-0.25, -0.2) is 4.79 Å². The van der Waals surface area contributed by atoms with Crippen LogP contribution < -0.4 is 0 Å². The monoisotopic (exact) mass is 850 g/mol. The molecule has 4 aliphatic carbocycles. The highest BCUT2D eigenvalue weighted by molar-refractivity contribution is 6.76. The van der Waals surface area contributed by atoms with Gasteiger partial charge in [-0.3, -0.25) is 0 Å². The highest BCUT2D eigenvalue weighted by Gasteiger charge is 2.71. The number of aliphatic hydroxyl groups excluding tert-OH is 3. The van der Waals surface area contributed by atoms with Crippen LogP contribution in [0, 0.1) is 34.5 Å². The minimum atomic E-state index is -1.26. The summed E-state index contributed by atoms with van der Waals surface area (Å²) in [5.41, 5.74) is -0.836. The second kappa shape index (κ2) is 16.8. The predicted molar refractivity (Wildman–Crippen MR) is 220 cm³/mol. The maximum atomic E-state index is 12.6. The van der Waals surface area contributed by atoms with E-state index in [0.29, 0.717) is 18.8 Å². The van der Waals surface area contributed by atoms with E-state index in [1.807, 2.05) is 13.8 Å². The summed E-state index contributed by atoms with van der Waals surface area (Å²) < 4.78 is 43.5. The van der Waals surface area contributed by atoms with Crippen molar-refractivity contribution in [2.24, 2.45) is 34.5 Å². The number of hydrogen-bond donors (Lipinski definition) is 4. The molecule has 3 saturated heterocycles. The highest BCUT2D eigenvalue weighted by Crippen LogP contribution is 2.70. The van der Waals surface area contributed by atoms with E-state index in [-0.39, 0.29) is 60.8 Å². The van der Waals surface area contributed by atoms with Gasteiger partial charge in [-0.1, -0.05) is 33.5 Å². The van der Waals surface area contributed by atoms with E-state index < -0.39 is 80.7 Å². The topological polar surface area (TPSA) is 166 Å². The van der Waals surface area contributed by atoms with Crippen LogP contribution in [0.1, 0.15) is 105 Å². The van der Waals surface area contributed by atoms with Crippen molar-refractivity contribution in [1.29, 1.82) is 0 Å². The van der Waals surface area contributed by atoms with E-state index in [1.54, 1.807) is 6.08 Å². The summed E-state index contributed by atoms with van der Waals surface area (Å²) in [6.45, 7) is 19.5. The predicted octanol–water partition coefficient (Wildman–Crippen LogP) is 4.68. The van der Waals surface area contributed by atoms with Gasteiger partial charge in [-0.2, -0.15) is 0 Å². The molecule has 7 fully saturated rings. The molecule has 8 rings (SSSR count). The molecular weight excluding hydrogens is 775 g/mol. The molecule has 0 radical (unpaired) electrons. The molecule has 19 atom stereocenters. The van der Waals surface area contributed by atoms with Crippen LogP contribution in [-0.2, 0) is 38.0 Å². The number of carbonyl (C=O) groups is 1. The Labute approximate surface area is 352 Å². The third-order valence-corrected chi connectivity index (χ3v) is 18.0. The summed E-state index contributed by atoms with van der Waals surface area (Å²) in [7, 11) is -1.26. The number of ether oxygens (including phenoxy) is 7. The van der Waals surface area contributed by atoms with Crippen LogP contribution in [0.15, 0.2) is 11.6 Å². The highest BCUT2D eigenvalue weighted by atomic mass is 28.3. The van der Waals surface area contributed by atoms with Crippen molar-refractivity contribution < 1.29 is 58.4 Å². The molecule has 8 aliphatic rings. The van der Waals surface area contributed by atoms with Crippen LogP contribution in [-0.4, -0.2) is 145 Å². The zero-order valence-corrected chi connectivity index (χ0v) is 37.9. The summed E-state index contributed by atoms with van der Waals surface area (Å²) in [5.74, 6) is 0.280. The Morgan fingerprint density at radius 1 is 0.797 bits per heavy atom. The van der Waals surface area contributed by atoms with E-state index in [1.165, 1.54) is 0 Å². The Morgan fingerprint density at radius 2 is 1.46 bits per heavy atom. The van der Waals surface area contributed by atoms with Crippen LogP contribution in [0.3, 0.4) is 0 Å². The molecule has 4 saturated carbocycles. The number of cyclic esters (lactones) is 1. The molecule has 336 valence electrons. The maximum Gasteiger partial charge on any atom is 0.331 e. The number of aliphatic hydroxyl groups is 4. The number of hydrogen-bond acceptors (Lipinski definition) is 13. The molecule has 0 aromatic heterocycles. The van der Waals surface area contributed by atoms with E-state index in [9.17, 15) is 25.2 Å². The average molecular weight is 850 g/mol. The number of rotatable bonds is 9. The van der Waals surface area contributed by atoms with E-state index in [4.69, 9.17) is 33.2 Å². The van der Waals surface area contributed by atoms with Crippen molar-refractivity contribution in [2.75, 3.05) is 25.9 Å². The molecule has 13 nitrogen and oxygen atoms in total. The smallest absolute Gasteiger partial charge is 0.331 e. The van der Waals surface area contributed by atoms with Crippen LogP contribution >= 0.6 is 0 Å². The molecule has 4 aliphatic heterocycles. The first-order valence-corrected chi connectivity index (χ1v) is 26.8. The van der Waals surface area contributed by atoms with Gasteiger partial charge in [0, 0.05) is 43.8 Å². The van der Waals surface area contributed by atoms with Crippen molar-refractivity contribution in [3.63, 3.8) is 0 Å². The van der Waals surface area contributed by atoms with Crippen molar-refractivity contribution in [2.45, 2.75) is 204 Å².